The van der Waals surface area contributed by atoms with Crippen molar-refractivity contribution in [2.24, 2.45) is 11.7 Å². The van der Waals surface area contributed by atoms with Gasteiger partial charge in [0.25, 0.3) is 0 Å². The van der Waals surface area contributed by atoms with E-state index in [9.17, 15) is 0 Å². The summed E-state index contributed by atoms with van der Waals surface area (Å²) in [6, 6.07) is 0.691. The molecule has 2 aliphatic rings. The minimum absolute atomic E-state index is 0.158. The van der Waals surface area contributed by atoms with Crippen LogP contribution in [-0.2, 0) is 4.74 Å². The fraction of sp³-hybridized carbons (Fsp3) is 1.00. The average molecular weight is 226 g/mol. The molecule has 1 aliphatic heterocycles. The van der Waals surface area contributed by atoms with Crippen molar-refractivity contribution in [2.75, 3.05) is 19.8 Å². The minimum atomic E-state index is 0.158. The van der Waals surface area contributed by atoms with Crippen molar-refractivity contribution in [1.82, 2.24) is 5.32 Å². The highest BCUT2D eigenvalue weighted by molar-refractivity contribution is 4.94. The van der Waals surface area contributed by atoms with Crippen LogP contribution in [-0.4, -0.2) is 31.3 Å². The molecule has 1 saturated carbocycles. The van der Waals surface area contributed by atoms with Crippen molar-refractivity contribution in [2.45, 2.75) is 57.0 Å². The van der Waals surface area contributed by atoms with Gasteiger partial charge in [0.15, 0.2) is 0 Å². The van der Waals surface area contributed by atoms with E-state index in [1.165, 1.54) is 25.7 Å². The Hall–Kier alpha value is -0.120. The monoisotopic (exact) mass is 226 g/mol. The molecule has 3 nitrogen and oxygen atoms in total. The maximum Gasteiger partial charge on any atom is 0.0484 e. The van der Waals surface area contributed by atoms with Crippen molar-refractivity contribution < 1.29 is 4.74 Å². The highest BCUT2D eigenvalue weighted by Crippen LogP contribution is 2.29. The molecular weight excluding hydrogens is 200 g/mol. The lowest BCUT2D eigenvalue weighted by Gasteiger charge is -2.35. The second-order valence-corrected chi connectivity index (χ2v) is 5.71. The Bertz CT molecular complexity index is 212. The van der Waals surface area contributed by atoms with E-state index in [1.807, 2.05) is 0 Å². The topological polar surface area (TPSA) is 47.3 Å². The Labute approximate surface area is 99.1 Å². The van der Waals surface area contributed by atoms with Crippen molar-refractivity contribution in [3.05, 3.63) is 0 Å². The first-order chi connectivity index (χ1) is 7.74. The molecule has 0 aromatic heterocycles. The number of hydrogen-bond acceptors (Lipinski definition) is 3. The van der Waals surface area contributed by atoms with Gasteiger partial charge in [-0.3, -0.25) is 0 Å². The Balaban J connectivity index is 1.92. The number of nitrogens with two attached hydrogens (primary N) is 1. The third kappa shape index (κ3) is 2.96. The lowest BCUT2D eigenvalue weighted by molar-refractivity contribution is 0.135. The number of hydrogen-bond donors (Lipinski definition) is 2. The molecule has 16 heavy (non-hydrogen) atoms. The Morgan fingerprint density at radius 3 is 2.88 bits per heavy atom. The largest absolute Gasteiger partial charge is 0.381 e. The van der Waals surface area contributed by atoms with Gasteiger partial charge in [-0.2, -0.15) is 0 Å². The summed E-state index contributed by atoms with van der Waals surface area (Å²) in [6.45, 7) is 4.88. The molecule has 0 amide bonds. The van der Waals surface area contributed by atoms with Crippen LogP contribution in [0, 0.1) is 5.92 Å². The van der Waals surface area contributed by atoms with Crippen LogP contribution in [0.5, 0.6) is 0 Å². The number of nitrogens with one attached hydrogen (secondary N) is 1. The van der Waals surface area contributed by atoms with Crippen LogP contribution in [0.3, 0.4) is 0 Å². The van der Waals surface area contributed by atoms with E-state index in [4.69, 9.17) is 10.5 Å². The van der Waals surface area contributed by atoms with E-state index in [1.54, 1.807) is 0 Å². The minimum Gasteiger partial charge on any atom is -0.381 e. The Morgan fingerprint density at radius 2 is 2.19 bits per heavy atom. The lowest BCUT2D eigenvalue weighted by Crippen LogP contribution is -2.54. The molecule has 3 N–H and O–H groups in total. The summed E-state index contributed by atoms with van der Waals surface area (Å²) in [5.74, 6) is 0.884. The van der Waals surface area contributed by atoms with Gasteiger partial charge in [0, 0.05) is 31.3 Å². The summed E-state index contributed by atoms with van der Waals surface area (Å²) in [5, 5.41) is 3.85. The van der Waals surface area contributed by atoms with Gasteiger partial charge >= 0.3 is 0 Å². The van der Waals surface area contributed by atoms with Crippen molar-refractivity contribution in [3.63, 3.8) is 0 Å². The molecule has 0 bridgehead atoms. The summed E-state index contributed by atoms with van der Waals surface area (Å²) in [5.41, 5.74) is 6.16. The molecule has 3 unspecified atom stereocenters. The average Bonchev–Trinajstić information content (AvgIpc) is 2.54. The molecule has 0 aromatic carbocycles. The number of rotatable bonds is 3. The maximum atomic E-state index is 6.00. The van der Waals surface area contributed by atoms with Gasteiger partial charge in [-0.15, -0.1) is 0 Å². The molecule has 2 fully saturated rings. The van der Waals surface area contributed by atoms with Crippen LogP contribution in [0.2, 0.25) is 0 Å². The van der Waals surface area contributed by atoms with Gasteiger partial charge in [0.1, 0.15) is 0 Å². The predicted octanol–water partition coefficient (Wildman–Crippen LogP) is 1.66. The molecule has 2 rings (SSSR count). The van der Waals surface area contributed by atoms with E-state index in [-0.39, 0.29) is 5.54 Å². The van der Waals surface area contributed by atoms with Gasteiger partial charge in [0.2, 0.25) is 0 Å². The quantitative estimate of drug-likeness (QED) is 0.769. The standard InChI is InChI=1S/C13H26N2O/c1-11-3-4-12(9-11)15-13(10-14)5-2-7-16-8-6-13/h11-12,15H,2-10,14H2,1H3. The predicted molar refractivity (Wildman–Crippen MR) is 66.4 cm³/mol. The van der Waals surface area contributed by atoms with Gasteiger partial charge in [-0.1, -0.05) is 6.92 Å². The molecule has 0 spiro atoms. The number of ether oxygens (including phenoxy) is 1. The van der Waals surface area contributed by atoms with Crippen LogP contribution >= 0.6 is 0 Å². The Morgan fingerprint density at radius 1 is 1.31 bits per heavy atom. The van der Waals surface area contributed by atoms with E-state index in [2.05, 4.69) is 12.2 Å². The third-order valence-electron chi connectivity index (χ3n) is 4.26. The van der Waals surface area contributed by atoms with Crippen molar-refractivity contribution in [1.29, 1.82) is 0 Å². The normalized spacial score (nSPS) is 40.9. The van der Waals surface area contributed by atoms with Gasteiger partial charge in [-0.25, -0.2) is 0 Å². The smallest absolute Gasteiger partial charge is 0.0484 e. The lowest BCUT2D eigenvalue weighted by atomic mass is 9.89. The summed E-state index contributed by atoms with van der Waals surface area (Å²) in [7, 11) is 0. The molecule has 1 heterocycles. The molecule has 1 aliphatic carbocycles. The SMILES string of the molecule is CC1CCC(NC2(CN)CCCOCC2)C1. The molecule has 1 saturated heterocycles. The van der Waals surface area contributed by atoms with Gasteiger partial charge in [-0.05, 0) is 44.4 Å². The van der Waals surface area contributed by atoms with Crippen molar-refractivity contribution in [3.8, 4) is 0 Å². The van der Waals surface area contributed by atoms with Crippen LogP contribution in [0.4, 0.5) is 0 Å². The van der Waals surface area contributed by atoms with E-state index >= 15 is 0 Å². The molecular formula is C13H26N2O. The second-order valence-electron chi connectivity index (χ2n) is 5.71. The second kappa shape index (κ2) is 5.48. The zero-order valence-corrected chi connectivity index (χ0v) is 10.5. The van der Waals surface area contributed by atoms with E-state index in [0.717, 1.165) is 38.5 Å². The first-order valence-electron chi connectivity index (χ1n) is 6.80. The summed E-state index contributed by atoms with van der Waals surface area (Å²) in [4.78, 5) is 0. The fourth-order valence-corrected chi connectivity index (χ4v) is 3.19. The molecule has 0 radical (unpaired) electrons. The van der Waals surface area contributed by atoms with Crippen LogP contribution in [0.15, 0.2) is 0 Å². The Kier molecular flexibility index (Phi) is 4.22. The zero-order chi connectivity index (χ0) is 11.4. The molecule has 3 atom stereocenters. The third-order valence-corrected chi connectivity index (χ3v) is 4.26. The summed E-state index contributed by atoms with van der Waals surface area (Å²) >= 11 is 0. The molecule has 3 heteroatoms. The highest BCUT2D eigenvalue weighted by atomic mass is 16.5. The maximum absolute atomic E-state index is 6.00. The van der Waals surface area contributed by atoms with E-state index < -0.39 is 0 Å². The highest BCUT2D eigenvalue weighted by Gasteiger charge is 2.33. The first kappa shape index (κ1) is 12.3. The van der Waals surface area contributed by atoms with Gasteiger partial charge in [0.05, 0.1) is 0 Å². The van der Waals surface area contributed by atoms with E-state index in [0.29, 0.717) is 6.04 Å². The van der Waals surface area contributed by atoms with Crippen LogP contribution < -0.4 is 11.1 Å². The zero-order valence-electron chi connectivity index (χ0n) is 10.5. The molecule has 94 valence electrons. The fourth-order valence-electron chi connectivity index (χ4n) is 3.19. The summed E-state index contributed by atoms with van der Waals surface area (Å²) in [6.07, 6.45) is 7.41. The van der Waals surface area contributed by atoms with Gasteiger partial charge < -0.3 is 15.8 Å². The summed E-state index contributed by atoms with van der Waals surface area (Å²) < 4.78 is 5.54. The van der Waals surface area contributed by atoms with Crippen LogP contribution in [0.25, 0.3) is 0 Å². The first-order valence-corrected chi connectivity index (χ1v) is 6.80. The van der Waals surface area contributed by atoms with Crippen LogP contribution in [0.1, 0.15) is 45.4 Å². The van der Waals surface area contributed by atoms with Crippen molar-refractivity contribution >= 4 is 0 Å². The molecule has 0 aromatic rings.